The lowest BCUT2D eigenvalue weighted by Crippen LogP contribution is -2.34. The summed E-state index contributed by atoms with van der Waals surface area (Å²) in [5, 5.41) is 9.55. The summed E-state index contributed by atoms with van der Waals surface area (Å²) in [7, 11) is 0. The molecule has 0 aliphatic carbocycles. The third kappa shape index (κ3) is 3.62. The molecule has 0 aromatic heterocycles. The van der Waals surface area contributed by atoms with Crippen molar-refractivity contribution in [3.05, 3.63) is 33.8 Å². The Morgan fingerprint density at radius 1 is 1.42 bits per heavy atom. The van der Waals surface area contributed by atoms with E-state index in [0.29, 0.717) is 28.6 Å². The molecular weight excluding hydrogens is 285 g/mol. The first kappa shape index (κ1) is 15.8. The number of benzene rings is 1. The number of halogens is 2. The molecule has 1 aromatic carbocycles. The van der Waals surface area contributed by atoms with Crippen LogP contribution in [0.4, 0.5) is 0 Å². The zero-order valence-corrected chi connectivity index (χ0v) is 12.4. The summed E-state index contributed by atoms with van der Waals surface area (Å²) in [4.78, 5) is 12.2. The summed E-state index contributed by atoms with van der Waals surface area (Å²) in [5.74, 6) is -0.358. The van der Waals surface area contributed by atoms with Gasteiger partial charge in [-0.3, -0.25) is 4.79 Å². The first-order valence-electron chi connectivity index (χ1n) is 5.95. The second-order valence-electron chi connectivity index (χ2n) is 4.34. The van der Waals surface area contributed by atoms with E-state index < -0.39 is 5.41 Å². The van der Waals surface area contributed by atoms with Gasteiger partial charge in [0.25, 0.3) is 0 Å². The number of nitrogens with zero attached hydrogens (tertiary/aromatic N) is 1. The Hall–Kier alpha value is -1.24. The molecule has 1 rings (SSSR count). The Kier molecular flexibility index (Phi) is 5.65. The molecule has 1 aromatic rings. The second kappa shape index (κ2) is 6.79. The average molecular weight is 300 g/mol. The van der Waals surface area contributed by atoms with Crippen LogP contribution in [0.2, 0.25) is 10.0 Å². The van der Waals surface area contributed by atoms with E-state index in [1.54, 1.807) is 32.0 Å². The molecule has 0 bridgehead atoms. The molecule has 0 aliphatic heterocycles. The maximum Gasteiger partial charge on any atom is 0.316 e. The fourth-order valence-electron chi connectivity index (χ4n) is 1.80. The third-order valence-corrected chi connectivity index (χ3v) is 3.76. The van der Waals surface area contributed by atoms with Crippen LogP contribution in [0.3, 0.4) is 0 Å². The van der Waals surface area contributed by atoms with Crippen molar-refractivity contribution in [1.29, 1.82) is 5.26 Å². The van der Waals surface area contributed by atoms with Gasteiger partial charge in [0.1, 0.15) is 0 Å². The molecule has 3 nitrogen and oxygen atoms in total. The number of carbonyl (C=O) groups excluding carboxylic acids is 1. The van der Waals surface area contributed by atoms with Gasteiger partial charge in [0.15, 0.2) is 0 Å². The van der Waals surface area contributed by atoms with Crippen molar-refractivity contribution in [3.8, 4) is 6.07 Å². The predicted octanol–water partition coefficient (Wildman–Crippen LogP) is 4.12. The highest BCUT2D eigenvalue weighted by Crippen LogP contribution is 2.34. The molecular formula is C14H15Cl2NO2. The van der Waals surface area contributed by atoms with Crippen LogP contribution in [0, 0.1) is 11.3 Å². The molecule has 0 N–H and O–H groups in total. The third-order valence-electron chi connectivity index (χ3n) is 3.02. The van der Waals surface area contributed by atoms with E-state index in [2.05, 4.69) is 0 Å². The highest BCUT2D eigenvalue weighted by molar-refractivity contribution is 6.42. The van der Waals surface area contributed by atoms with Crippen LogP contribution in [0.15, 0.2) is 18.2 Å². The molecule has 19 heavy (non-hydrogen) atoms. The Morgan fingerprint density at radius 3 is 2.63 bits per heavy atom. The minimum atomic E-state index is -0.889. The van der Waals surface area contributed by atoms with Gasteiger partial charge >= 0.3 is 5.97 Å². The summed E-state index contributed by atoms with van der Waals surface area (Å²) in [5.41, 5.74) is -0.185. The normalized spacial score (nSPS) is 13.4. The zero-order chi connectivity index (χ0) is 14.5. The number of hydrogen-bond acceptors (Lipinski definition) is 3. The lowest BCUT2D eigenvalue weighted by molar-refractivity contribution is -0.149. The first-order chi connectivity index (χ1) is 8.95. The van der Waals surface area contributed by atoms with Gasteiger partial charge in [-0.05, 0) is 38.0 Å². The summed E-state index contributed by atoms with van der Waals surface area (Å²) < 4.78 is 5.10. The van der Waals surface area contributed by atoms with E-state index in [9.17, 15) is 4.79 Å². The van der Waals surface area contributed by atoms with Crippen LogP contribution in [0.1, 0.15) is 32.3 Å². The lowest BCUT2D eigenvalue weighted by atomic mass is 9.78. The molecule has 0 aliphatic rings. The van der Waals surface area contributed by atoms with Crippen LogP contribution < -0.4 is 0 Å². The molecule has 0 saturated heterocycles. The van der Waals surface area contributed by atoms with Gasteiger partial charge in [-0.1, -0.05) is 29.3 Å². The quantitative estimate of drug-likeness (QED) is 0.769. The number of esters is 1. The SMILES string of the molecule is CCOC(=O)C(C)(CCC#N)c1ccc(Cl)c(Cl)c1. The summed E-state index contributed by atoms with van der Waals surface area (Å²) in [6.45, 7) is 3.79. The predicted molar refractivity (Wildman–Crippen MR) is 75.3 cm³/mol. The smallest absolute Gasteiger partial charge is 0.316 e. The average Bonchev–Trinajstić information content (AvgIpc) is 2.39. The van der Waals surface area contributed by atoms with Crippen molar-refractivity contribution < 1.29 is 9.53 Å². The molecule has 0 heterocycles. The van der Waals surface area contributed by atoms with Crippen molar-refractivity contribution >= 4 is 29.2 Å². The topological polar surface area (TPSA) is 50.1 Å². The number of carbonyl (C=O) groups is 1. The molecule has 102 valence electrons. The molecule has 1 atom stereocenters. The van der Waals surface area contributed by atoms with Crippen LogP contribution in [0.5, 0.6) is 0 Å². The fourth-order valence-corrected chi connectivity index (χ4v) is 2.10. The van der Waals surface area contributed by atoms with Crippen LogP contribution in [-0.4, -0.2) is 12.6 Å². The number of hydrogen-bond donors (Lipinski definition) is 0. The number of ether oxygens (including phenoxy) is 1. The number of rotatable bonds is 5. The maximum atomic E-state index is 12.2. The Labute approximate surface area is 123 Å². The van der Waals surface area contributed by atoms with E-state index in [4.69, 9.17) is 33.2 Å². The van der Waals surface area contributed by atoms with Crippen LogP contribution in [-0.2, 0) is 14.9 Å². The van der Waals surface area contributed by atoms with E-state index in [1.807, 2.05) is 6.07 Å². The first-order valence-corrected chi connectivity index (χ1v) is 6.71. The molecule has 0 spiro atoms. The van der Waals surface area contributed by atoms with Crippen LogP contribution in [0.25, 0.3) is 0 Å². The molecule has 0 radical (unpaired) electrons. The molecule has 1 unspecified atom stereocenters. The Balaban J connectivity index is 3.18. The van der Waals surface area contributed by atoms with Crippen LogP contribution >= 0.6 is 23.2 Å². The van der Waals surface area contributed by atoms with Gasteiger partial charge in [0, 0.05) is 6.42 Å². The minimum absolute atomic E-state index is 0.259. The van der Waals surface area contributed by atoms with E-state index in [1.165, 1.54) is 0 Å². The van der Waals surface area contributed by atoms with Gasteiger partial charge in [-0.2, -0.15) is 5.26 Å². The van der Waals surface area contributed by atoms with Crippen molar-refractivity contribution in [3.63, 3.8) is 0 Å². The zero-order valence-electron chi connectivity index (χ0n) is 10.9. The van der Waals surface area contributed by atoms with Crippen molar-refractivity contribution in [2.24, 2.45) is 0 Å². The van der Waals surface area contributed by atoms with Gasteiger partial charge in [0.05, 0.1) is 28.1 Å². The highest BCUT2D eigenvalue weighted by Gasteiger charge is 2.36. The lowest BCUT2D eigenvalue weighted by Gasteiger charge is -2.27. The second-order valence-corrected chi connectivity index (χ2v) is 5.15. The Bertz CT molecular complexity index is 511. The molecule has 0 amide bonds. The van der Waals surface area contributed by atoms with Gasteiger partial charge < -0.3 is 4.74 Å². The largest absolute Gasteiger partial charge is 0.465 e. The van der Waals surface area contributed by atoms with Gasteiger partial charge in [0.2, 0.25) is 0 Å². The van der Waals surface area contributed by atoms with E-state index in [-0.39, 0.29) is 12.4 Å². The van der Waals surface area contributed by atoms with Gasteiger partial charge in [-0.15, -0.1) is 0 Å². The Morgan fingerprint density at radius 2 is 2.11 bits per heavy atom. The van der Waals surface area contributed by atoms with Crippen molar-refractivity contribution in [1.82, 2.24) is 0 Å². The fraction of sp³-hybridized carbons (Fsp3) is 0.429. The van der Waals surface area contributed by atoms with Crippen molar-refractivity contribution in [2.75, 3.05) is 6.61 Å². The number of nitriles is 1. The monoisotopic (exact) mass is 299 g/mol. The van der Waals surface area contributed by atoms with E-state index in [0.717, 1.165) is 0 Å². The summed E-state index contributed by atoms with van der Waals surface area (Å²) in [6.07, 6.45) is 0.635. The maximum absolute atomic E-state index is 12.2. The highest BCUT2D eigenvalue weighted by atomic mass is 35.5. The van der Waals surface area contributed by atoms with Crippen molar-refractivity contribution in [2.45, 2.75) is 32.1 Å². The molecule has 5 heteroatoms. The van der Waals surface area contributed by atoms with Gasteiger partial charge in [-0.25, -0.2) is 0 Å². The standard InChI is InChI=1S/C14H15Cl2NO2/c1-3-19-13(18)14(2,7-4-8-17)10-5-6-11(15)12(16)9-10/h5-6,9H,3-4,7H2,1-2H3. The van der Waals surface area contributed by atoms with E-state index >= 15 is 0 Å². The molecule has 0 fully saturated rings. The molecule has 0 saturated carbocycles. The summed E-state index contributed by atoms with van der Waals surface area (Å²) in [6, 6.07) is 7.08. The summed E-state index contributed by atoms with van der Waals surface area (Å²) >= 11 is 11.9. The minimum Gasteiger partial charge on any atom is -0.465 e.